The maximum atomic E-state index is 9.40. The van der Waals surface area contributed by atoms with E-state index in [2.05, 4.69) is 49.4 Å². The summed E-state index contributed by atoms with van der Waals surface area (Å²) in [5.74, 6) is 2.33. The topological polar surface area (TPSA) is 51.2 Å². The molecule has 154 valence electrons. The van der Waals surface area contributed by atoms with Crippen LogP contribution in [0.5, 0.6) is 11.5 Å². The van der Waals surface area contributed by atoms with E-state index in [4.69, 9.17) is 14.2 Å². The Hall–Kier alpha value is -2.30. The van der Waals surface area contributed by atoms with Crippen molar-refractivity contribution in [2.45, 2.75) is 51.2 Å². The van der Waals surface area contributed by atoms with Gasteiger partial charge < -0.3 is 19.3 Å². The van der Waals surface area contributed by atoms with Crippen LogP contribution in [0.3, 0.4) is 0 Å². The molecule has 4 heteroatoms. The van der Waals surface area contributed by atoms with Gasteiger partial charge in [-0.1, -0.05) is 24.3 Å². The number of aliphatic hydroxyl groups is 1. The van der Waals surface area contributed by atoms with E-state index in [1.54, 1.807) is 6.92 Å². The minimum atomic E-state index is -0.458. The summed E-state index contributed by atoms with van der Waals surface area (Å²) >= 11 is 0. The highest BCUT2D eigenvalue weighted by Crippen LogP contribution is 2.37. The molecule has 3 atom stereocenters. The van der Waals surface area contributed by atoms with Gasteiger partial charge in [-0.15, -0.1) is 0 Å². The quantitative estimate of drug-likeness (QED) is 0.648. The maximum Gasteiger partial charge on any atom is 0.122 e. The first kappa shape index (κ1) is 20.0. The van der Waals surface area contributed by atoms with Gasteiger partial charge in [-0.05, 0) is 85.6 Å². The molecule has 0 spiro atoms. The predicted molar refractivity (Wildman–Crippen MR) is 115 cm³/mol. The van der Waals surface area contributed by atoms with Gasteiger partial charge in [0.2, 0.25) is 0 Å². The van der Waals surface area contributed by atoms with Crippen LogP contribution >= 0.6 is 0 Å². The van der Waals surface area contributed by atoms with Gasteiger partial charge in [0.25, 0.3) is 0 Å². The molecule has 0 radical (unpaired) electrons. The number of ether oxygens (including phenoxy) is 3. The molecule has 2 aromatic rings. The number of allylic oxidation sites excluding steroid dienone is 2. The summed E-state index contributed by atoms with van der Waals surface area (Å²) in [6.45, 7) is 5.59. The smallest absolute Gasteiger partial charge is 0.122 e. The molecular weight excluding hydrogens is 364 g/mol. The molecular formula is C25H30O4. The Labute approximate surface area is 173 Å². The molecule has 29 heavy (non-hydrogen) atoms. The van der Waals surface area contributed by atoms with Crippen LogP contribution in [0.1, 0.15) is 48.8 Å². The molecule has 1 fully saturated rings. The third-order valence-corrected chi connectivity index (χ3v) is 5.63. The number of benzene rings is 2. The van der Waals surface area contributed by atoms with Crippen LogP contribution in [0.4, 0.5) is 0 Å². The first-order chi connectivity index (χ1) is 14.1. The van der Waals surface area contributed by atoms with Crippen molar-refractivity contribution in [2.24, 2.45) is 0 Å². The molecule has 1 aliphatic heterocycles. The molecule has 0 bridgehead atoms. The largest absolute Gasteiger partial charge is 0.491 e. The van der Waals surface area contributed by atoms with Gasteiger partial charge in [-0.3, -0.25) is 0 Å². The highest BCUT2D eigenvalue weighted by molar-refractivity contribution is 5.68. The van der Waals surface area contributed by atoms with Gasteiger partial charge in [-0.25, -0.2) is 0 Å². The van der Waals surface area contributed by atoms with Gasteiger partial charge in [0, 0.05) is 0 Å². The highest BCUT2D eigenvalue weighted by Gasteiger charge is 2.23. The molecule has 0 amide bonds. The van der Waals surface area contributed by atoms with Crippen LogP contribution in [0.15, 0.2) is 48.5 Å². The van der Waals surface area contributed by atoms with E-state index in [1.807, 2.05) is 6.07 Å². The summed E-state index contributed by atoms with van der Waals surface area (Å²) in [4.78, 5) is 0. The summed E-state index contributed by atoms with van der Waals surface area (Å²) in [6, 6.07) is 14.9. The van der Waals surface area contributed by atoms with Crippen LogP contribution in [0.25, 0.3) is 5.57 Å². The first-order valence-corrected chi connectivity index (χ1v) is 10.5. The van der Waals surface area contributed by atoms with E-state index in [1.165, 1.54) is 16.7 Å². The molecule has 4 rings (SSSR count). The van der Waals surface area contributed by atoms with Crippen molar-refractivity contribution in [3.05, 3.63) is 65.2 Å². The van der Waals surface area contributed by atoms with Crippen molar-refractivity contribution in [3.63, 3.8) is 0 Å². The Balaban J connectivity index is 1.35. The van der Waals surface area contributed by atoms with Crippen molar-refractivity contribution in [1.29, 1.82) is 0 Å². The fourth-order valence-corrected chi connectivity index (χ4v) is 3.81. The minimum Gasteiger partial charge on any atom is -0.491 e. The third-order valence-electron chi connectivity index (χ3n) is 5.63. The molecule has 0 saturated carbocycles. The summed E-state index contributed by atoms with van der Waals surface area (Å²) in [5, 5.41) is 9.40. The normalized spacial score (nSPS) is 22.0. The van der Waals surface area contributed by atoms with Gasteiger partial charge in [0.05, 0.1) is 12.7 Å². The van der Waals surface area contributed by atoms with Gasteiger partial charge >= 0.3 is 0 Å². The van der Waals surface area contributed by atoms with Crippen molar-refractivity contribution in [1.82, 2.24) is 0 Å². The molecule has 2 aliphatic rings. The molecule has 1 saturated heterocycles. The minimum absolute atomic E-state index is 0.291. The number of epoxide rings is 1. The number of aryl methyl sites for hydroxylation is 1. The van der Waals surface area contributed by atoms with Gasteiger partial charge in [0.15, 0.2) is 0 Å². The van der Waals surface area contributed by atoms with Crippen molar-refractivity contribution in [2.75, 3.05) is 19.8 Å². The summed E-state index contributed by atoms with van der Waals surface area (Å²) in [7, 11) is 0. The predicted octanol–water partition coefficient (Wildman–Crippen LogP) is 4.88. The fourth-order valence-electron chi connectivity index (χ4n) is 3.81. The fraction of sp³-hybridized carbons (Fsp3) is 0.440. The van der Waals surface area contributed by atoms with Crippen LogP contribution in [-0.4, -0.2) is 37.1 Å². The van der Waals surface area contributed by atoms with Crippen LogP contribution in [0, 0.1) is 6.92 Å². The molecule has 1 aliphatic carbocycles. The van der Waals surface area contributed by atoms with Gasteiger partial charge in [-0.2, -0.15) is 0 Å². The second kappa shape index (κ2) is 9.02. The monoisotopic (exact) mass is 394 g/mol. The van der Waals surface area contributed by atoms with E-state index in [9.17, 15) is 5.11 Å². The van der Waals surface area contributed by atoms with Crippen molar-refractivity contribution < 1.29 is 19.3 Å². The van der Waals surface area contributed by atoms with E-state index in [-0.39, 0.29) is 0 Å². The maximum absolute atomic E-state index is 9.40. The lowest BCUT2D eigenvalue weighted by Crippen LogP contribution is -2.13. The zero-order valence-electron chi connectivity index (χ0n) is 17.3. The Bertz CT molecular complexity index is 850. The lowest BCUT2D eigenvalue weighted by atomic mass is 9.82. The summed E-state index contributed by atoms with van der Waals surface area (Å²) in [5.41, 5.74) is 5.18. The Morgan fingerprint density at radius 2 is 1.93 bits per heavy atom. The van der Waals surface area contributed by atoms with E-state index in [0.717, 1.165) is 42.9 Å². The van der Waals surface area contributed by atoms with E-state index >= 15 is 0 Å². The van der Waals surface area contributed by atoms with Gasteiger partial charge in [0.1, 0.15) is 30.8 Å². The molecule has 4 nitrogen and oxygen atoms in total. The number of hydrogen-bond acceptors (Lipinski definition) is 4. The second-order valence-electron chi connectivity index (χ2n) is 8.18. The zero-order chi connectivity index (χ0) is 20.2. The average molecular weight is 395 g/mol. The Kier molecular flexibility index (Phi) is 6.22. The summed E-state index contributed by atoms with van der Waals surface area (Å²) in [6.07, 6.45) is 5.51. The lowest BCUT2D eigenvalue weighted by Gasteiger charge is -2.23. The molecule has 1 heterocycles. The number of rotatable bonds is 8. The Morgan fingerprint density at radius 1 is 1.14 bits per heavy atom. The van der Waals surface area contributed by atoms with Crippen LogP contribution in [0.2, 0.25) is 0 Å². The molecule has 2 aromatic carbocycles. The van der Waals surface area contributed by atoms with Crippen molar-refractivity contribution >= 4 is 5.57 Å². The van der Waals surface area contributed by atoms with E-state index in [0.29, 0.717) is 25.2 Å². The third kappa shape index (κ3) is 5.40. The Morgan fingerprint density at radius 3 is 2.55 bits per heavy atom. The molecule has 3 unspecified atom stereocenters. The number of aliphatic hydroxyl groups excluding tert-OH is 1. The molecule has 0 aromatic heterocycles. The SMILES string of the molecule is Cc1cc(C2=CCC(c3ccc(OCC4CO4)cc3)CC2)ccc1OCC(C)O. The highest BCUT2D eigenvalue weighted by atomic mass is 16.6. The standard InChI is InChI=1S/C25H30O4/c1-17-13-22(9-12-25(17)29-14-18(2)26)21-5-3-19(4-6-21)20-7-10-23(11-8-20)27-15-24-16-28-24/h5,7-13,18-19,24,26H,3-4,6,14-16H2,1-2H3. The molecule has 1 N–H and O–H groups in total. The van der Waals surface area contributed by atoms with Crippen LogP contribution in [-0.2, 0) is 4.74 Å². The summed E-state index contributed by atoms with van der Waals surface area (Å²) < 4.78 is 16.6. The number of hydrogen-bond donors (Lipinski definition) is 1. The zero-order valence-corrected chi connectivity index (χ0v) is 17.3. The first-order valence-electron chi connectivity index (χ1n) is 10.5. The van der Waals surface area contributed by atoms with Crippen molar-refractivity contribution in [3.8, 4) is 11.5 Å². The van der Waals surface area contributed by atoms with E-state index < -0.39 is 6.10 Å². The van der Waals surface area contributed by atoms with Crippen LogP contribution < -0.4 is 9.47 Å². The second-order valence-corrected chi connectivity index (χ2v) is 8.18. The lowest BCUT2D eigenvalue weighted by molar-refractivity contribution is 0.122. The average Bonchev–Trinajstić information content (AvgIpc) is 3.56.